The molecule has 0 fully saturated rings. The number of amides is 2. The molecule has 0 unspecified atom stereocenters. The zero-order valence-electron chi connectivity index (χ0n) is 16.9. The average Bonchev–Trinajstić information content (AvgIpc) is 2.67. The molecule has 0 bridgehead atoms. The molecule has 2 rings (SSSR count). The van der Waals surface area contributed by atoms with Crippen LogP contribution in [0.15, 0.2) is 54.6 Å². The van der Waals surface area contributed by atoms with Crippen LogP contribution in [-0.2, 0) is 9.59 Å². The summed E-state index contributed by atoms with van der Waals surface area (Å²) in [5.41, 5.74) is 0.744. The first-order valence-electron chi connectivity index (χ1n) is 9.48. The molecule has 0 aliphatic rings. The van der Waals surface area contributed by atoms with Gasteiger partial charge in [-0.25, -0.2) is 0 Å². The molecule has 6 nitrogen and oxygen atoms in total. The van der Waals surface area contributed by atoms with E-state index < -0.39 is 0 Å². The van der Waals surface area contributed by atoms with Crippen molar-refractivity contribution in [2.45, 2.75) is 19.8 Å². The molecule has 0 spiro atoms. The molecule has 0 radical (unpaired) electrons. The van der Waals surface area contributed by atoms with E-state index in [-0.39, 0.29) is 18.2 Å². The van der Waals surface area contributed by atoms with E-state index in [0.29, 0.717) is 18.8 Å². The Morgan fingerprint density at radius 2 is 1.57 bits per heavy atom. The Morgan fingerprint density at radius 1 is 0.929 bits per heavy atom. The third-order valence-electron chi connectivity index (χ3n) is 4.17. The first-order chi connectivity index (χ1) is 13.5. The third-order valence-corrected chi connectivity index (χ3v) is 4.17. The van der Waals surface area contributed by atoms with Crippen LogP contribution in [0.5, 0.6) is 11.5 Å². The quantitative estimate of drug-likeness (QED) is 0.640. The van der Waals surface area contributed by atoms with E-state index in [4.69, 9.17) is 4.74 Å². The Labute approximate surface area is 167 Å². The summed E-state index contributed by atoms with van der Waals surface area (Å²) >= 11 is 0. The first kappa shape index (κ1) is 21.4. The van der Waals surface area contributed by atoms with Gasteiger partial charge in [-0.15, -0.1) is 0 Å². The van der Waals surface area contributed by atoms with Crippen molar-refractivity contribution in [3.63, 3.8) is 0 Å². The molecule has 150 valence electrons. The van der Waals surface area contributed by atoms with Gasteiger partial charge in [0.2, 0.25) is 11.8 Å². The van der Waals surface area contributed by atoms with Crippen molar-refractivity contribution in [3.05, 3.63) is 54.6 Å². The first-order valence-corrected chi connectivity index (χ1v) is 9.48. The molecule has 6 heteroatoms. The van der Waals surface area contributed by atoms with Crippen LogP contribution < -0.4 is 15.0 Å². The van der Waals surface area contributed by atoms with Crippen molar-refractivity contribution in [1.82, 2.24) is 10.2 Å². The lowest BCUT2D eigenvalue weighted by Crippen LogP contribution is -2.34. The van der Waals surface area contributed by atoms with Crippen LogP contribution in [-0.4, -0.2) is 50.4 Å². The van der Waals surface area contributed by atoms with Gasteiger partial charge in [-0.3, -0.25) is 9.59 Å². The van der Waals surface area contributed by atoms with Gasteiger partial charge in [-0.2, -0.15) is 0 Å². The second-order valence-electron chi connectivity index (χ2n) is 6.84. The normalized spacial score (nSPS) is 10.6. The Balaban J connectivity index is 1.87. The minimum Gasteiger partial charge on any atom is -0.457 e. The van der Waals surface area contributed by atoms with Gasteiger partial charge in [-0.05, 0) is 63.5 Å². The minimum absolute atomic E-state index is 0.0472. The number of hydrogen-bond acceptors (Lipinski definition) is 4. The fraction of sp³-hybridized carbons (Fsp3) is 0.364. The summed E-state index contributed by atoms with van der Waals surface area (Å²) in [7, 11) is 4.01. The maximum atomic E-state index is 12.0. The fourth-order valence-electron chi connectivity index (χ4n) is 2.71. The van der Waals surface area contributed by atoms with Crippen LogP contribution in [0.3, 0.4) is 0 Å². The number of carbonyl (C=O) groups excluding carboxylic acids is 2. The van der Waals surface area contributed by atoms with Crippen LogP contribution in [0, 0.1) is 0 Å². The van der Waals surface area contributed by atoms with Crippen molar-refractivity contribution < 1.29 is 14.3 Å². The lowest BCUT2D eigenvalue weighted by atomic mass is 10.2. The van der Waals surface area contributed by atoms with Crippen LogP contribution >= 0.6 is 0 Å². The summed E-state index contributed by atoms with van der Waals surface area (Å²) in [6.07, 6.45) is 1.17. The molecule has 2 amide bonds. The predicted octanol–water partition coefficient (Wildman–Crippen LogP) is 3.29. The van der Waals surface area contributed by atoms with Crippen molar-refractivity contribution in [3.8, 4) is 11.5 Å². The minimum atomic E-state index is -0.0999. The topological polar surface area (TPSA) is 61.9 Å². The maximum Gasteiger partial charge on any atom is 0.223 e. The summed E-state index contributed by atoms with van der Waals surface area (Å²) in [6.45, 7) is 3.41. The van der Waals surface area contributed by atoms with Gasteiger partial charge >= 0.3 is 0 Å². The second-order valence-corrected chi connectivity index (χ2v) is 6.84. The standard InChI is InChI=1S/C22H29N3O3/c1-18(26)25(17-14-22(27)23-15-7-16-24(2)3)19-10-12-21(13-11-19)28-20-8-5-4-6-9-20/h4-6,8-13H,7,14-17H2,1-3H3,(H,23,27). The fourth-order valence-corrected chi connectivity index (χ4v) is 2.71. The number of rotatable bonds is 10. The highest BCUT2D eigenvalue weighted by atomic mass is 16.5. The molecule has 0 saturated carbocycles. The van der Waals surface area contributed by atoms with E-state index in [2.05, 4.69) is 10.2 Å². The molecule has 0 atom stereocenters. The zero-order valence-corrected chi connectivity index (χ0v) is 16.9. The van der Waals surface area contributed by atoms with E-state index >= 15 is 0 Å². The van der Waals surface area contributed by atoms with Gasteiger partial charge in [0.25, 0.3) is 0 Å². The van der Waals surface area contributed by atoms with E-state index in [1.807, 2.05) is 68.7 Å². The Morgan fingerprint density at radius 3 is 2.18 bits per heavy atom. The zero-order chi connectivity index (χ0) is 20.4. The highest BCUT2D eigenvalue weighted by Gasteiger charge is 2.13. The van der Waals surface area contributed by atoms with E-state index in [0.717, 1.165) is 24.4 Å². The number of nitrogens with one attached hydrogen (secondary N) is 1. The van der Waals surface area contributed by atoms with Gasteiger partial charge < -0.3 is 19.9 Å². The molecule has 2 aromatic rings. The number of anilines is 1. The molecule has 0 aromatic heterocycles. The van der Waals surface area contributed by atoms with E-state index in [9.17, 15) is 9.59 Å². The summed E-state index contributed by atoms with van der Waals surface area (Å²) in [5.74, 6) is 1.30. The van der Waals surface area contributed by atoms with Gasteiger partial charge in [0, 0.05) is 32.1 Å². The Kier molecular flexibility index (Phi) is 8.49. The number of para-hydroxylation sites is 1. The highest BCUT2D eigenvalue weighted by molar-refractivity contribution is 5.92. The molecule has 0 heterocycles. The highest BCUT2D eigenvalue weighted by Crippen LogP contribution is 2.24. The smallest absolute Gasteiger partial charge is 0.223 e. The van der Waals surface area contributed by atoms with Gasteiger partial charge in [0.1, 0.15) is 11.5 Å². The Hall–Kier alpha value is -2.86. The van der Waals surface area contributed by atoms with Crippen LogP contribution in [0.1, 0.15) is 19.8 Å². The van der Waals surface area contributed by atoms with Crippen molar-refractivity contribution in [2.75, 3.05) is 38.6 Å². The predicted molar refractivity (Wildman–Crippen MR) is 112 cm³/mol. The largest absolute Gasteiger partial charge is 0.457 e. The number of nitrogens with zero attached hydrogens (tertiary/aromatic N) is 2. The molecule has 2 aromatic carbocycles. The van der Waals surface area contributed by atoms with Gasteiger partial charge in [0.15, 0.2) is 0 Å². The lowest BCUT2D eigenvalue weighted by Gasteiger charge is -2.21. The molecule has 0 saturated heterocycles. The average molecular weight is 383 g/mol. The monoisotopic (exact) mass is 383 g/mol. The Bertz CT molecular complexity index is 745. The number of carbonyl (C=O) groups is 2. The summed E-state index contributed by atoms with van der Waals surface area (Å²) in [6, 6.07) is 16.8. The molecular formula is C22H29N3O3. The number of hydrogen-bond donors (Lipinski definition) is 1. The number of ether oxygens (including phenoxy) is 1. The van der Waals surface area contributed by atoms with Gasteiger partial charge in [0.05, 0.1) is 0 Å². The molecular weight excluding hydrogens is 354 g/mol. The molecule has 28 heavy (non-hydrogen) atoms. The van der Waals surface area contributed by atoms with Crippen LogP contribution in [0.2, 0.25) is 0 Å². The molecule has 0 aliphatic heterocycles. The van der Waals surface area contributed by atoms with Crippen molar-refractivity contribution in [1.29, 1.82) is 0 Å². The maximum absolute atomic E-state index is 12.0. The molecule has 1 N–H and O–H groups in total. The van der Waals surface area contributed by atoms with E-state index in [1.165, 1.54) is 6.92 Å². The van der Waals surface area contributed by atoms with Gasteiger partial charge in [-0.1, -0.05) is 18.2 Å². The summed E-state index contributed by atoms with van der Waals surface area (Å²) < 4.78 is 5.77. The summed E-state index contributed by atoms with van der Waals surface area (Å²) in [5, 5.41) is 2.90. The van der Waals surface area contributed by atoms with E-state index in [1.54, 1.807) is 4.90 Å². The lowest BCUT2D eigenvalue weighted by molar-refractivity contribution is -0.121. The SMILES string of the molecule is CC(=O)N(CCC(=O)NCCCN(C)C)c1ccc(Oc2ccccc2)cc1. The molecule has 0 aliphatic carbocycles. The van der Waals surface area contributed by atoms with Crippen LogP contribution in [0.25, 0.3) is 0 Å². The van der Waals surface area contributed by atoms with Crippen LogP contribution in [0.4, 0.5) is 5.69 Å². The third kappa shape index (κ3) is 7.40. The van der Waals surface area contributed by atoms with Crippen molar-refractivity contribution >= 4 is 17.5 Å². The van der Waals surface area contributed by atoms with Crippen molar-refractivity contribution in [2.24, 2.45) is 0 Å². The number of benzene rings is 2. The second kappa shape index (κ2) is 11.1. The summed E-state index contributed by atoms with van der Waals surface area (Å²) in [4.78, 5) is 27.7.